The van der Waals surface area contributed by atoms with Gasteiger partial charge in [-0.15, -0.1) is 12.4 Å². The molecule has 2 saturated heterocycles. The normalized spacial score (nSPS) is 22.1. The molecule has 1 N–H and O–H groups in total. The van der Waals surface area contributed by atoms with Crippen molar-refractivity contribution in [1.29, 1.82) is 0 Å². The third-order valence-electron chi connectivity index (χ3n) is 5.85. The Morgan fingerprint density at radius 2 is 1.89 bits per heavy atom. The first-order valence-corrected chi connectivity index (χ1v) is 11.4. The van der Waals surface area contributed by atoms with Crippen LogP contribution in [0.4, 0.5) is 0 Å². The molecule has 1 atom stereocenters. The van der Waals surface area contributed by atoms with Gasteiger partial charge in [0, 0.05) is 39.4 Å². The van der Waals surface area contributed by atoms with Crippen LogP contribution in [0.15, 0.2) is 17.2 Å². The predicted molar refractivity (Wildman–Crippen MR) is 112 cm³/mol. The van der Waals surface area contributed by atoms with E-state index in [-0.39, 0.29) is 23.2 Å². The second kappa shape index (κ2) is 9.61. The summed E-state index contributed by atoms with van der Waals surface area (Å²) in [5.41, 5.74) is 0.450. The SMILES string of the molecule is CNCC1CCN(C(=O)c2cc(S(=O)(=O)N3CCCC(C)C3)cn2C)CC1.Cl. The molecular weight excluding hydrogens is 400 g/mol. The molecule has 0 bridgehead atoms. The molecule has 1 aromatic rings. The summed E-state index contributed by atoms with van der Waals surface area (Å²) in [5, 5.41) is 3.20. The number of likely N-dealkylation sites (tertiary alicyclic amines) is 1. The van der Waals surface area contributed by atoms with Crippen LogP contribution in [0.1, 0.15) is 43.1 Å². The van der Waals surface area contributed by atoms with Crippen LogP contribution in [-0.2, 0) is 17.1 Å². The molecule has 0 aliphatic carbocycles. The Balaban J connectivity index is 0.00000280. The van der Waals surface area contributed by atoms with Gasteiger partial charge in [-0.2, -0.15) is 4.31 Å². The molecule has 1 amide bonds. The highest BCUT2D eigenvalue weighted by Crippen LogP contribution is 2.26. The number of carbonyl (C=O) groups excluding carboxylic acids is 1. The second-order valence-electron chi connectivity index (χ2n) is 8.08. The Morgan fingerprint density at radius 1 is 1.21 bits per heavy atom. The summed E-state index contributed by atoms with van der Waals surface area (Å²) < 4.78 is 29.2. The van der Waals surface area contributed by atoms with Crippen molar-refractivity contribution in [3.05, 3.63) is 18.0 Å². The third-order valence-corrected chi connectivity index (χ3v) is 7.68. The molecule has 2 aliphatic heterocycles. The Morgan fingerprint density at radius 3 is 2.50 bits per heavy atom. The fraction of sp³-hybridized carbons (Fsp3) is 0.737. The summed E-state index contributed by atoms with van der Waals surface area (Å²) in [6.45, 7) is 5.62. The van der Waals surface area contributed by atoms with Gasteiger partial charge in [0.1, 0.15) is 10.6 Å². The van der Waals surface area contributed by atoms with Gasteiger partial charge in [-0.1, -0.05) is 6.92 Å². The highest BCUT2D eigenvalue weighted by atomic mass is 35.5. The summed E-state index contributed by atoms with van der Waals surface area (Å²) in [7, 11) is 0.156. The number of aryl methyl sites for hydroxylation is 1. The van der Waals surface area contributed by atoms with Crippen molar-refractivity contribution in [1.82, 2.24) is 19.1 Å². The van der Waals surface area contributed by atoms with E-state index in [9.17, 15) is 13.2 Å². The predicted octanol–water partition coefficient (Wildman–Crippen LogP) is 1.94. The smallest absolute Gasteiger partial charge is 0.270 e. The van der Waals surface area contributed by atoms with Crippen molar-refractivity contribution in [2.24, 2.45) is 18.9 Å². The average Bonchev–Trinajstić information content (AvgIpc) is 3.04. The Bertz CT molecular complexity index is 772. The van der Waals surface area contributed by atoms with E-state index < -0.39 is 10.0 Å². The maximum atomic E-state index is 13.0. The number of hydrogen-bond acceptors (Lipinski definition) is 4. The summed E-state index contributed by atoms with van der Waals surface area (Å²) >= 11 is 0. The van der Waals surface area contributed by atoms with E-state index in [1.807, 2.05) is 11.9 Å². The van der Waals surface area contributed by atoms with Crippen LogP contribution in [0.25, 0.3) is 0 Å². The Hall–Kier alpha value is -1.09. The van der Waals surface area contributed by atoms with E-state index in [0.717, 1.165) is 45.3 Å². The summed E-state index contributed by atoms with van der Waals surface area (Å²) in [4.78, 5) is 15.0. The molecule has 28 heavy (non-hydrogen) atoms. The van der Waals surface area contributed by atoms with Gasteiger partial charge in [0.25, 0.3) is 5.91 Å². The zero-order chi connectivity index (χ0) is 19.6. The van der Waals surface area contributed by atoms with Crippen molar-refractivity contribution in [3.8, 4) is 0 Å². The number of aromatic nitrogens is 1. The lowest BCUT2D eigenvalue weighted by atomic mass is 9.96. The lowest BCUT2D eigenvalue weighted by Gasteiger charge is -2.32. The third kappa shape index (κ3) is 4.90. The molecule has 0 spiro atoms. The molecule has 1 unspecified atom stereocenters. The summed E-state index contributed by atoms with van der Waals surface area (Å²) in [6, 6.07) is 1.55. The number of nitrogens with one attached hydrogen (secondary N) is 1. The largest absolute Gasteiger partial charge is 0.345 e. The van der Waals surface area contributed by atoms with Crippen molar-refractivity contribution in [2.75, 3.05) is 39.8 Å². The zero-order valence-electron chi connectivity index (χ0n) is 17.1. The van der Waals surface area contributed by atoms with Gasteiger partial charge in [0.15, 0.2) is 0 Å². The van der Waals surface area contributed by atoms with Gasteiger partial charge in [0.2, 0.25) is 10.0 Å². The highest BCUT2D eigenvalue weighted by molar-refractivity contribution is 7.89. The number of halogens is 1. The molecule has 2 fully saturated rings. The van der Waals surface area contributed by atoms with E-state index in [2.05, 4.69) is 12.2 Å². The number of amides is 1. The molecule has 0 aromatic carbocycles. The first-order chi connectivity index (χ1) is 12.8. The minimum Gasteiger partial charge on any atom is -0.345 e. The first kappa shape index (κ1) is 23.2. The van der Waals surface area contributed by atoms with Crippen LogP contribution < -0.4 is 5.32 Å². The fourth-order valence-electron chi connectivity index (χ4n) is 4.19. The Kier molecular flexibility index (Phi) is 7.96. The van der Waals surface area contributed by atoms with E-state index in [1.54, 1.807) is 28.2 Å². The van der Waals surface area contributed by atoms with Gasteiger partial charge in [-0.05, 0) is 57.2 Å². The molecule has 3 rings (SSSR count). The maximum Gasteiger partial charge on any atom is 0.270 e. The van der Waals surface area contributed by atoms with Crippen LogP contribution in [0.5, 0.6) is 0 Å². The van der Waals surface area contributed by atoms with Crippen LogP contribution >= 0.6 is 12.4 Å². The molecular formula is C19H33ClN4O3S. The number of rotatable bonds is 5. The van der Waals surface area contributed by atoms with E-state index in [0.29, 0.717) is 30.6 Å². The minimum absolute atomic E-state index is 0. The van der Waals surface area contributed by atoms with Crippen LogP contribution in [0, 0.1) is 11.8 Å². The monoisotopic (exact) mass is 432 g/mol. The van der Waals surface area contributed by atoms with Crippen LogP contribution in [0.2, 0.25) is 0 Å². The molecule has 0 radical (unpaired) electrons. The molecule has 9 heteroatoms. The minimum atomic E-state index is -3.54. The van der Waals surface area contributed by atoms with Gasteiger partial charge in [-0.25, -0.2) is 8.42 Å². The van der Waals surface area contributed by atoms with Crippen molar-refractivity contribution in [3.63, 3.8) is 0 Å². The molecule has 3 heterocycles. The van der Waals surface area contributed by atoms with Gasteiger partial charge in [0.05, 0.1) is 0 Å². The van der Waals surface area contributed by atoms with Crippen molar-refractivity contribution < 1.29 is 13.2 Å². The van der Waals surface area contributed by atoms with E-state index in [4.69, 9.17) is 0 Å². The summed E-state index contributed by atoms with van der Waals surface area (Å²) in [5.74, 6) is 0.899. The quantitative estimate of drug-likeness (QED) is 0.771. The van der Waals surface area contributed by atoms with E-state index >= 15 is 0 Å². The number of sulfonamides is 1. The molecule has 2 aliphatic rings. The first-order valence-electron chi connectivity index (χ1n) is 9.93. The molecule has 160 valence electrons. The second-order valence-corrected chi connectivity index (χ2v) is 10.0. The lowest BCUT2D eigenvalue weighted by molar-refractivity contribution is 0.0681. The van der Waals surface area contributed by atoms with Crippen LogP contribution in [-0.4, -0.2) is 67.9 Å². The van der Waals surface area contributed by atoms with Crippen LogP contribution in [0.3, 0.4) is 0 Å². The maximum absolute atomic E-state index is 13.0. The fourth-order valence-corrected chi connectivity index (χ4v) is 5.86. The standard InChI is InChI=1S/C19H32N4O3S.ClH/c1-15-5-4-8-23(13-15)27(25,26)17-11-18(21(3)14-17)19(24)22-9-6-16(7-10-22)12-20-2;/h11,14-16,20H,4-10,12-13H2,1-3H3;1H. The van der Waals surface area contributed by atoms with Gasteiger partial charge >= 0.3 is 0 Å². The lowest BCUT2D eigenvalue weighted by Crippen LogP contribution is -2.41. The Labute approximate surface area is 174 Å². The zero-order valence-corrected chi connectivity index (χ0v) is 18.7. The van der Waals surface area contributed by atoms with Crippen molar-refractivity contribution in [2.45, 2.75) is 37.5 Å². The van der Waals surface area contributed by atoms with E-state index in [1.165, 1.54) is 0 Å². The molecule has 7 nitrogen and oxygen atoms in total. The number of piperidine rings is 2. The van der Waals surface area contributed by atoms with Crippen molar-refractivity contribution >= 4 is 28.3 Å². The molecule has 0 saturated carbocycles. The number of carbonyl (C=O) groups is 1. The van der Waals surface area contributed by atoms with Gasteiger partial charge in [-0.3, -0.25) is 4.79 Å². The average molecular weight is 433 g/mol. The topological polar surface area (TPSA) is 74.7 Å². The summed E-state index contributed by atoms with van der Waals surface area (Å²) in [6.07, 6.45) is 5.49. The van der Waals surface area contributed by atoms with Gasteiger partial charge < -0.3 is 14.8 Å². The molecule has 1 aromatic heterocycles. The number of nitrogens with zero attached hydrogens (tertiary/aromatic N) is 3. The number of hydrogen-bond donors (Lipinski definition) is 1. The highest BCUT2D eigenvalue weighted by Gasteiger charge is 2.32.